The number of benzene rings is 1. The minimum atomic E-state index is -1.42. The van der Waals surface area contributed by atoms with E-state index < -0.39 is 8.07 Å². The van der Waals surface area contributed by atoms with Crippen molar-refractivity contribution < 1.29 is 4.39 Å². The molecule has 0 amide bonds. The maximum atomic E-state index is 13.8. The first-order valence-electron chi connectivity index (χ1n) is 7.47. The smallest absolute Gasteiger partial charge is 0.126 e. The first kappa shape index (κ1) is 15.9. The second-order valence-corrected chi connectivity index (χ2v) is 12.1. The fourth-order valence-electron chi connectivity index (χ4n) is 2.49. The zero-order valence-electron chi connectivity index (χ0n) is 13.8. The number of nitrogens with zero attached hydrogens (tertiary/aromatic N) is 1. The van der Waals surface area contributed by atoms with Crippen LogP contribution in [0.2, 0.25) is 19.6 Å². The highest BCUT2D eigenvalue weighted by molar-refractivity contribution is 6.89. The van der Waals surface area contributed by atoms with Crippen molar-refractivity contribution in [2.45, 2.75) is 46.3 Å². The van der Waals surface area contributed by atoms with Crippen LogP contribution in [0, 0.1) is 12.7 Å². The molecule has 0 unspecified atom stereocenters. The molecule has 0 atom stereocenters. The molecule has 0 aliphatic rings. The van der Waals surface area contributed by atoms with Crippen molar-refractivity contribution in [2.75, 3.05) is 0 Å². The van der Waals surface area contributed by atoms with Crippen LogP contribution in [-0.4, -0.2) is 13.1 Å². The Morgan fingerprint density at radius 1 is 1.10 bits per heavy atom. The zero-order chi connectivity index (χ0) is 15.8. The SMILES string of the molecule is Cc1ccc(-c2cc(C(C)C)c([Si](C)(C)C)cn2)cc1F. The summed E-state index contributed by atoms with van der Waals surface area (Å²) < 4.78 is 13.8. The Labute approximate surface area is 128 Å². The number of hydrogen-bond donors (Lipinski definition) is 0. The van der Waals surface area contributed by atoms with Crippen LogP contribution in [0.3, 0.4) is 0 Å². The zero-order valence-corrected chi connectivity index (χ0v) is 14.8. The van der Waals surface area contributed by atoms with Crippen LogP contribution in [0.1, 0.15) is 30.9 Å². The van der Waals surface area contributed by atoms with Gasteiger partial charge in [-0.05, 0) is 41.3 Å². The summed E-state index contributed by atoms with van der Waals surface area (Å²) in [7, 11) is -1.42. The molecule has 0 N–H and O–H groups in total. The molecule has 0 spiro atoms. The molecule has 0 fully saturated rings. The van der Waals surface area contributed by atoms with Gasteiger partial charge in [-0.25, -0.2) is 4.39 Å². The first-order chi connectivity index (χ1) is 9.70. The van der Waals surface area contributed by atoms with Crippen molar-refractivity contribution >= 4 is 13.3 Å². The van der Waals surface area contributed by atoms with Crippen molar-refractivity contribution in [1.29, 1.82) is 0 Å². The lowest BCUT2D eigenvalue weighted by Gasteiger charge is -2.23. The number of aryl methyl sites for hydroxylation is 1. The van der Waals surface area contributed by atoms with Gasteiger partial charge in [0, 0.05) is 11.8 Å². The third-order valence-electron chi connectivity index (χ3n) is 3.83. The molecule has 0 saturated heterocycles. The number of aromatic nitrogens is 1. The lowest BCUT2D eigenvalue weighted by Crippen LogP contribution is -2.40. The van der Waals surface area contributed by atoms with Gasteiger partial charge in [0.25, 0.3) is 0 Å². The first-order valence-corrected chi connectivity index (χ1v) is 11.0. The molecule has 2 aromatic rings. The third-order valence-corrected chi connectivity index (χ3v) is 5.87. The summed E-state index contributed by atoms with van der Waals surface area (Å²) in [6.07, 6.45) is 2.01. The Bertz CT molecular complexity index is 657. The molecule has 1 nitrogen and oxygen atoms in total. The predicted octanol–water partition coefficient (Wildman–Crippen LogP) is 4.86. The van der Waals surface area contributed by atoms with E-state index in [1.165, 1.54) is 10.8 Å². The normalized spacial score (nSPS) is 12.0. The van der Waals surface area contributed by atoms with Gasteiger partial charge >= 0.3 is 0 Å². The molecule has 0 aliphatic carbocycles. The summed E-state index contributed by atoms with van der Waals surface area (Å²) in [5, 5.41) is 1.40. The van der Waals surface area contributed by atoms with Crippen molar-refractivity contribution in [3.8, 4) is 11.3 Å². The highest BCUT2D eigenvalue weighted by atomic mass is 28.3. The average molecular weight is 301 g/mol. The van der Waals surface area contributed by atoms with E-state index in [0.717, 1.165) is 11.3 Å². The Balaban J connectivity index is 2.56. The average Bonchev–Trinajstić information content (AvgIpc) is 2.40. The maximum absolute atomic E-state index is 13.8. The highest BCUT2D eigenvalue weighted by Gasteiger charge is 2.22. The summed E-state index contributed by atoms with van der Waals surface area (Å²) in [4.78, 5) is 4.60. The van der Waals surface area contributed by atoms with E-state index in [-0.39, 0.29) is 5.82 Å². The van der Waals surface area contributed by atoms with Crippen LogP contribution in [-0.2, 0) is 0 Å². The third kappa shape index (κ3) is 3.41. The summed E-state index contributed by atoms with van der Waals surface area (Å²) in [6, 6.07) is 7.48. The molecule has 2 rings (SSSR count). The summed E-state index contributed by atoms with van der Waals surface area (Å²) in [5.41, 5.74) is 3.73. The molecular weight excluding hydrogens is 277 g/mol. The molecule has 0 bridgehead atoms. The molecule has 3 heteroatoms. The Morgan fingerprint density at radius 3 is 2.29 bits per heavy atom. The van der Waals surface area contributed by atoms with E-state index in [1.807, 2.05) is 18.3 Å². The van der Waals surface area contributed by atoms with E-state index in [0.29, 0.717) is 11.5 Å². The van der Waals surface area contributed by atoms with Crippen molar-refractivity contribution in [3.63, 3.8) is 0 Å². The fraction of sp³-hybridized carbons (Fsp3) is 0.389. The maximum Gasteiger partial charge on any atom is 0.126 e. The van der Waals surface area contributed by atoms with Gasteiger partial charge in [0.05, 0.1) is 13.8 Å². The van der Waals surface area contributed by atoms with Gasteiger partial charge in [-0.1, -0.05) is 45.6 Å². The second kappa shape index (κ2) is 5.72. The fourth-order valence-corrected chi connectivity index (χ4v) is 4.16. The molecule has 0 aliphatic heterocycles. The molecule has 1 aromatic carbocycles. The van der Waals surface area contributed by atoms with Crippen molar-refractivity contribution in [2.24, 2.45) is 0 Å². The van der Waals surface area contributed by atoms with Gasteiger partial charge < -0.3 is 0 Å². The number of halogens is 1. The minimum absolute atomic E-state index is 0.172. The molecule has 21 heavy (non-hydrogen) atoms. The van der Waals surface area contributed by atoms with E-state index in [4.69, 9.17) is 0 Å². The molecule has 0 saturated carbocycles. The van der Waals surface area contributed by atoms with Gasteiger partial charge in [0.15, 0.2) is 0 Å². The highest BCUT2D eigenvalue weighted by Crippen LogP contribution is 2.24. The lowest BCUT2D eigenvalue weighted by molar-refractivity contribution is 0.619. The van der Waals surface area contributed by atoms with Gasteiger partial charge in [-0.15, -0.1) is 0 Å². The van der Waals surface area contributed by atoms with Crippen LogP contribution in [0.15, 0.2) is 30.5 Å². The quantitative estimate of drug-likeness (QED) is 0.737. The van der Waals surface area contributed by atoms with Crippen LogP contribution in [0.25, 0.3) is 11.3 Å². The van der Waals surface area contributed by atoms with Crippen LogP contribution >= 0.6 is 0 Å². The van der Waals surface area contributed by atoms with Gasteiger partial charge in [0.2, 0.25) is 0 Å². The van der Waals surface area contributed by atoms with Crippen molar-refractivity contribution in [3.05, 3.63) is 47.4 Å². The largest absolute Gasteiger partial charge is 0.256 e. The Hall–Kier alpha value is -1.48. The lowest BCUT2D eigenvalue weighted by atomic mass is 10.0. The van der Waals surface area contributed by atoms with E-state index in [9.17, 15) is 4.39 Å². The van der Waals surface area contributed by atoms with E-state index in [2.05, 4.69) is 44.5 Å². The number of pyridine rings is 1. The molecular formula is C18H24FNSi. The Kier molecular flexibility index (Phi) is 4.33. The molecule has 1 heterocycles. The van der Waals surface area contributed by atoms with Gasteiger partial charge in [-0.2, -0.15) is 0 Å². The Morgan fingerprint density at radius 2 is 1.76 bits per heavy atom. The standard InChI is InChI=1S/C18H24FNSi/c1-12(2)15-10-17(20-11-18(15)21(4,5)6)14-8-7-13(3)16(19)9-14/h7-12H,1-6H3. The second-order valence-electron chi connectivity index (χ2n) is 7.03. The van der Waals surface area contributed by atoms with Crippen LogP contribution < -0.4 is 5.19 Å². The molecule has 112 valence electrons. The van der Waals surface area contributed by atoms with E-state index >= 15 is 0 Å². The molecule has 0 radical (unpaired) electrons. The summed E-state index contributed by atoms with van der Waals surface area (Å²) >= 11 is 0. The minimum Gasteiger partial charge on any atom is -0.256 e. The number of rotatable bonds is 3. The summed E-state index contributed by atoms with van der Waals surface area (Å²) in [6.45, 7) is 13.2. The van der Waals surface area contributed by atoms with Gasteiger partial charge in [0.1, 0.15) is 5.82 Å². The monoisotopic (exact) mass is 301 g/mol. The van der Waals surface area contributed by atoms with Gasteiger partial charge in [-0.3, -0.25) is 4.98 Å². The topological polar surface area (TPSA) is 12.9 Å². The predicted molar refractivity (Wildman–Crippen MR) is 91.4 cm³/mol. The van der Waals surface area contributed by atoms with Crippen LogP contribution in [0.5, 0.6) is 0 Å². The van der Waals surface area contributed by atoms with Crippen LogP contribution in [0.4, 0.5) is 4.39 Å². The van der Waals surface area contributed by atoms with E-state index in [1.54, 1.807) is 13.0 Å². The molecule has 1 aromatic heterocycles. The summed E-state index contributed by atoms with van der Waals surface area (Å²) in [5.74, 6) is 0.276. The number of hydrogen-bond acceptors (Lipinski definition) is 1. The van der Waals surface area contributed by atoms with Crippen molar-refractivity contribution in [1.82, 2.24) is 4.98 Å².